The quantitative estimate of drug-likeness (QED) is 0.680. The van der Waals surface area contributed by atoms with Gasteiger partial charge in [0.05, 0.1) is 25.0 Å². The molecule has 0 spiro atoms. The average molecular weight is 370 g/mol. The van der Waals surface area contributed by atoms with Gasteiger partial charge in [0.15, 0.2) is 0 Å². The number of pyridine rings is 1. The lowest BCUT2D eigenvalue weighted by Crippen LogP contribution is -2.45. The summed E-state index contributed by atoms with van der Waals surface area (Å²) < 4.78 is 31.3. The Balaban J connectivity index is 1.95. The lowest BCUT2D eigenvalue weighted by molar-refractivity contribution is -0.122. The van der Waals surface area contributed by atoms with E-state index in [4.69, 9.17) is 4.74 Å². The van der Waals surface area contributed by atoms with E-state index >= 15 is 0 Å². The zero-order valence-electron chi connectivity index (χ0n) is 14.7. The second-order valence-corrected chi connectivity index (χ2v) is 7.84. The minimum Gasteiger partial charge on any atom is -0.378 e. The fraction of sp³-hybridized carbons (Fsp3) is 0.625. The van der Waals surface area contributed by atoms with Gasteiger partial charge in [-0.3, -0.25) is 4.79 Å². The molecule has 1 saturated heterocycles. The van der Waals surface area contributed by atoms with Crippen molar-refractivity contribution < 1.29 is 17.9 Å². The van der Waals surface area contributed by atoms with E-state index in [1.165, 1.54) is 6.92 Å². The van der Waals surface area contributed by atoms with Gasteiger partial charge in [0.1, 0.15) is 5.82 Å². The average Bonchev–Trinajstić information content (AvgIpc) is 2.60. The van der Waals surface area contributed by atoms with E-state index in [9.17, 15) is 13.2 Å². The Kier molecular flexibility index (Phi) is 7.15. The summed E-state index contributed by atoms with van der Waals surface area (Å²) in [5.41, 5.74) is 0.890. The maximum atomic E-state index is 12.2. The Morgan fingerprint density at radius 1 is 1.40 bits per heavy atom. The number of anilines is 1. The van der Waals surface area contributed by atoms with Crippen LogP contribution in [-0.2, 0) is 26.1 Å². The maximum absolute atomic E-state index is 12.2. The molecular weight excluding hydrogens is 344 g/mol. The first-order valence-corrected chi connectivity index (χ1v) is 10.1. The smallest absolute Gasteiger partial charge is 0.238 e. The minimum absolute atomic E-state index is 0.00834. The van der Waals surface area contributed by atoms with E-state index in [1.807, 2.05) is 12.1 Å². The van der Waals surface area contributed by atoms with Crippen molar-refractivity contribution in [3.05, 3.63) is 23.9 Å². The summed E-state index contributed by atoms with van der Waals surface area (Å²) in [5, 5.41) is 2.78. The number of carbonyl (C=O) groups excluding carboxylic acids is 1. The van der Waals surface area contributed by atoms with Crippen molar-refractivity contribution in [2.75, 3.05) is 37.0 Å². The molecule has 2 rings (SSSR count). The van der Waals surface area contributed by atoms with E-state index in [-0.39, 0.29) is 11.7 Å². The third kappa shape index (κ3) is 5.94. The van der Waals surface area contributed by atoms with E-state index in [0.29, 0.717) is 26.2 Å². The molecular formula is C16H26N4O4S. The van der Waals surface area contributed by atoms with Gasteiger partial charge in [0.25, 0.3) is 0 Å². The number of amides is 1. The van der Waals surface area contributed by atoms with Crippen LogP contribution in [0, 0.1) is 0 Å². The van der Waals surface area contributed by atoms with E-state index < -0.39 is 16.1 Å². The van der Waals surface area contributed by atoms with Crippen molar-refractivity contribution in [3.63, 3.8) is 0 Å². The second-order valence-electron chi connectivity index (χ2n) is 5.96. The molecule has 9 heteroatoms. The van der Waals surface area contributed by atoms with Gasteiger partial charge in [-0.2, -0.15) is 0 Å². The largest absolute Gasteiger partial charge is 0.378 e. The molecule has 25 heavy (non-hydrogen) atoms. The molecule has 1 amide bonds. The predicted molar refractivity (Wildman–Crippen MR) is 95.8 cm³/mol. The highest BCUT2D eigenvalue weighted by molar-refractivity contribution is 7.89. The Morgan fingerprint density at radius 2 is 2.12 bits per heavy atom. The number of morpholine rings is 1. The number of carbonyl (C=O) groups is 1. The van der Waals surface area contributed by atoms with Gasteiger partial charge in [-0.15, -0.1) is 0 Å². The highest BCUT2D eigenvalue weighted by atomic mass is 32.2. The molecule has 0 unspecified atom stereocenters. The Bertz CT molecular complexity index is 674. The Morgan fingerprint density at radius 3 is 2.80 bits per heavy atom. The first kappa shape index (κ1) is 19.6. The molecule has 1 fully saturated rings. The van der Waals surface area contributed by atoms with Crippen LogP contribution in [0.1, 0.15) is 25.8 Å². The summed E-state index contributed by atoms with van der Waals surface area (Å²) in [5.74, 6) is 0.468. The molecule has 0 aliphatic carbocycles. The maximum Gasteiger partial charge on any atom is 0.238 e. The van der Waals surface area contributed by atoms with Crippen LogP contribution in [0.2, 0.25) is 0 Å². The third-order valence-electron chi connectivity index (χ3n) is 3.85. The number of hydrogen-bond acceptors (Lipinski definition) is 6. The van der Waals surface area contributed by atoms with Crippen molar-refractivity contribution in [1.29, 1.82) is 0 Å². The molecule has 1 aromatic rings. The number of nitrogens with one attached hydrogen (secondary N) is 2. The molecule has 1 aliphatic rings. The monoisotopic (exact) mass is 370 g/mol. The van der Waals surface area contributed by atoms with Crippen LogP contribution < -0.4 is 14.9 Å². The highest BCUT2D eigenvalue weighted by Crippen LogP contribution is 2.18. The van der Waals surface area contributed by atoms with Gasteiger partial charge >= 0.3 is 0 Å². The molecule has 2 N–H and O–H groups in total. The number of nitrogens with zero attached hydrogens (tertiary/aromatic N) is 2. The first-order chi connectivity index (χ1) is 11.9. The van der Waals surface area contributed by atoms with Crippen LogP contribution in [0.5, 0.6) is 0 Å². The molecule has 2 heterocycles. The van der Waals surface area contributed by atoms with Gasteiger partial charge in [-0.1, -0.05) is 13.0 Å². The van der Waals surface area contributed by atoms with E-state index in [0.717, 1.165) is 24.5 Å². The summed E-state index contributed by atoms with van der Waals surface area (Å²) in [6.45, 7) is 6.42. The van der Waals surface area contributed by atoms with Gasteiger partial charge in [-0.25, -0.2) is 18.1 Å². The second kappa shape index (κ2) is 9.12. The molecule has 1 aromatic heterocycles. The predicted octanol–water partition coefficient (Wildman–Crippen LogP) is 0.252. The van der Waals surface area contributed by atoms with Gasteiger partial charge in [0.2, 0.25) is 15.9 Å². The van der Waals surface area contributed by atoms with Crippen molar-refractivity contribution in [2.24, 2.45) is 0 Å². The van der Waals surface area contributed by atoms with Crippen LogP contribution in [0.3, 0.4) is 0 Å². The van der Waals surface area contributed by atoms with E-state index in [1.54, 1.807) is 13.1 Å². The van der Waals surface area contributed by atoms with Crippen LogP contribution in [0.25, 0.3) is 0 Å². The molecule has 8 nitrogen and oxygen atoms in total. The summed E-state index contributed by atoms with van der Waals surface area (Å²) in [6, 6.07) is 2.91. The molecule has 1 atom stereocenters. The zero-order valence-corrected chi connectivity index (χ0v) is 15.5. The van der Waals surface area contributed by atoms with Crippen molar-refractivity contribution in [3.8, 4) is 0 Å². The van der Waals surface area contributed by atoms with Crippen molar-refractivity contribution in [2.45, 2.75) is 32.9 Å². The van der Waals surface area contributed by atoms with E-state index in [2.05, 4.69) is 19.9 Å². The topological polar surface area (TPSA) is 101 Å². The van der Waals surface area contributed by atoms with Gasteiger partial charge in [0, 0.05) is 31.4 Å². The summed E-state index contributed by atoms with van der Waals surface area (Å²) in [4.78, 5) is 18.7. The molecule has 0 bridgehead atoms. The van der Waals surface area contributed by atoms with Crippen LogP contribution in [0.4, 0.5) is 5.82 Å². The van der Waals surface area contributed by atoms with Crippen molar-refractivity contribution >= 4 is 21.7 Å². The van der Waals surface area contributed by atoms with Crippen molar-refractivity contribution in [1.82, 2.24) is 15.0 Å². The first-order valence-electron chi connectivity index (χ1n) is 8.47. The number of ether oxygens (including phenoxy) is 1. The number of rotatable bonds is 8. The Labute approximate surface area is 149 Å². The lowest BCUT2D eigenvalue weighted by Gasteiger charge is -2.29. The number of hydrogen-bond donors (Lipinski definition) is 2. The third-order valence-corrected chi connectivity index (χ3v) is 5.51. The normalized spacial score (nSPS) is 16.5. The zero-order chi connectivity index (χ0) is 18.3. The molecule has 0 saturated carbocycles. The van der Waals surface area contributed by atoms with Crippen LogP contribution in [0.15, 0.2) is 18.3 Å². The number of sulfonamides is 1. The summed E-state index contributed by atoms with van der Waals surface area (Å²) in [6.07, 6.45) is 2.22. The lowest BCUT2D eigenvalue weighted by atomic mass is 10.2. The summed E-state index contributed by atoms with van der Waals surface area (Å²) >= 11 is 0. The standard InChI is InChI=1S/C16H26N4O4S/c1-3-11-25(22,23)19-13(2)16(21)18-12-14-5-4-6-17-15(14)20-7-9-24-10-8-20/h4-6,13,19H,3,7-12H2,1-2H3,(H,18,21)/t13-/m1/s1. The SMILES string of the molecule is CCCS(=O)(=O)N[C@H](C)C(=O)NCc1cccnc1N1CCOCC1. The van der Waals surface area contributed by atoms with Gasteiger partial charge in [-0.05, 0) is 19.4 Å². The molecule has 0 radical (unpaired) electrons. The summed E-state index contributed by atoms with van der Waals surface area (Å²) in [7, 11) is -3.43. The fourth-order valence-corrected chi connectivity index (χ4v) is 3.92. The number of aromatic nitrogens is 1. The fourth-order valence-electron chi connectivity index (χ4n) is 2.61. The molecule has 0 aromatic carbocycles. The molecule has 140 valence electrons. The molecule has 1 aliphatic heterocycles. The Hall–Kier alpha value is -1.71. The van der Waals surface area contributed by atoms with Gasteiger partial charge < -0.3 is 15.0 Å². The van der Waals surface area contributed by atoms with Crippen LogP contribution >= 0.6 is 0 Å². The van der Waals surface area contributed by atoms with Crippen LogP contribution in [-0.4, -0.2) is 57.4 Å². The minimum atomic E-state index is -3.43. The highest BCUT2D eigenvalue weighted by Gasteiger charge is 2.20.